The second-order valence-corrected chi connectivity index (χ2v) is 7.25. The molecular weight excluding hydrogens is 270 g/mol. The van der Waals surface area contributed by atoms with Gasteiger partial charge in [-0.05, 0) is 53.1 Å². The van der Waals surface area contributed by atoms with Crippen molar-refractivity contribution >= 4 is 17.2 Å². The Morgan fingerprint density at radius 3 is 2.50 bits per heavy atom. The molecule has 0 saturated carbocycles. The normalized spacial score (nSPS) is 27.4. The van der Waals surface area contributed by atoms with Gasteiger partial charge in [0.2, 0.25) is 0 Å². The van der Waals surface area contributed by atoms with Gasteiger partial charge >= 0.3 is 0 Å². The predicted molar refractivity (Wildman–Crippen MR) is 81.3 cm³/mol. The summed E-state index contributed by atoms with van der Waals surface area (Å²) in [5.41, 5.74) is 0.892. The monoisotopic (exact) mass is 293 g/mol. The minimum atomic E-state index is 0.205. The maximum atomic E-state index is 12.8. The van der Waals surface area contributed by atoms with Gasteiger partial charge < -0.3 is 9.80 Å². The number of hydrogen-bond acceptors (Lipinski definition) is 4. The van der Waals surface area contributed by atoms with Crippen molar-refractivity contribution in [3.8, 4) is 0 Å². The van der Waals surface area contributed by atoms with E-state index in [4.69, 9.17) is 0 Å². The zero-order valence-corrected chi connectivity index (χ0v) is 13.4. The van der Waals surface area contributed by atoms with Crippen molar-refractivity contribution < 1.29 is 4.79 Å². The summed E-state index contributed by atoms with van der Waals surface area (Å²) in [5.74, 6) is 0.205. The summed E-state index contributed by atoms with van der Waals surface area (Å²) in [6.07, 6.45) is 4.78. The minimum absolute atomic E-state index is 0.205. The molecule has 0 aliphatic carbocycles. The molecule has 1 amide bonds. The van der Waals surface area contributed by atoms with Gasteiger partial charge in [-0.1, -0.05) is 0 Å². The molecule has 4 nitrogen and oxygen atoms in total. The van der Waals surface area contributed by atoms with Gasteiger partial charge in [-0.25, -0.2) is 4.98 Å². The summed E-state index contributed by atoms with van der Waals surface area (Å²) in [6, 6.07) is 0.951. The highest BCUT2D eigenvalue weighted by molar-refractivity contribution is 7.13. The van der Waals surface area contributed by atoms with Gasteiger partial charge in [0.15, 0.2) is 0 Å². The average molecular weight is 293 g/mol. The van der Waals surface area contributed by atoms with Crippen molar-refractivity contribution in [1.29, 1.82) is 0 Å². The van der Waals surface area contributed by atoms with Crippen LogP contribution in [0.25, 0.3) is 0 Å². The van der Waals surface area contributed by atoms with Crippen LogP contribution in [-0.4, -0.2) is 52.9 Å². The van der Waals surface area contributed by atoms with E-state index in [0.717, 1.165) is 35.0 Å². The van der Waals surface area contributed by atoms with E-state index < -0.39 is 0 Å². The number of carbonyl (C=O) groups is 1. The Hall–Kier alpha value is -0.940. The quantitative estimate of drug-likeness (QED) is 0.840. The number of aromatic nitrogens is 1. The standard InChI is InChI=1S/C15H23N3OS/c1-10-14(20-11(2)16-10)15(19)18-9-5-7-13(18)12-6-4-8-17(12)3/h12-13H,4-9H2,1-3H3/t12-,13-/m1/s1. The molecule has 2 saturated heterocycles. The van der Waals surface area contributed by atoms with E-state index >= 15 is 0 Å². The highest BCUT2D eigenvalue weighted by atomic mass is 32.1. The van der Waals surface area contributed by atoms with Gasteiger partial charge in [0.25, 0.3) is 5.91 Å². The number of hydrogen-bond donors (Lipinski definition) is 0. The fourth-order valence-electron chi connectivity index (χ4n) is 3.73. The number of aryl methyl sites for hydroxylation is 2. The molecule has 3 rings (SSSR count). The molecule has 20 heavy (non-hydrogen) atoms. The summed E-state index contributed by atoms with van der Waals surface area (Å²) in [6.45, 7) is 6.00. The molecule has 110 valence electrons. The minimum Gasteiger partial charge on any atom is -0.333 e. The Bertz CT molecular complexity index is 513. The molecule has 0 aromatic carbocycles. The molecule has 2 atom stereocenters. The molecule has 0 bridgehead atoms. The fraction of sp³-hybridized carbons (Fsp3) is 0.733. The summed E-state index contributed by atoms with van der Waals surface area (Å²) in [4.78, 5) is 22.6. The topological polar surface area (TPSA) is 36.4 Å². The van der Waals surface area contributed by atoms with E-state index in [-0.39, 0.29) is 5.91 Å². The first kappa shape index (κ1) is 14.0. The molecule has 5 heteroatoms. The molecule has 2 fully saturated rings. The molecule has 2 aliphatic heterocycles. The van der Waals surface area contributed by atoms with Crippen LogP contribution in [0.15, 0.2) is 0 Å². The van der Waals surface area contributed by atoms with Gasteiger partial charge in [-0.3, -0.25) is 4.79 Å². The maximum Gasteiger partial charge on any atom is 0.266 e. The van der Waals surface area contributed by atoms with Crippen LogP contribution in [0.4, 0.5) is 0 Å². The summed E-state index contributed by atoms with van der Waals surface area (Å²) in [7, 11) is 2.20. The maximum absolute atomic E-state index is 12.8. The van der Waals surface area contributed by atoms with E-state index in [0.29, 0.717) is 12.1 Å². The van der Waals surface area contributed by atoms with Crippen molar-refractivity contribution in [3.05, 3.63) is 15.6 Å². The Balaban J connectivity index is 1.81. The van der Waals surface area contributed by atoms with Crippen LogP contribution in [-0.2, 0) is 0 Å². The molecular formula is C15H23N3OS. The van der Waals surface area contributed by atoms with Crippen molar-refractivity contribution in [3.63, 3.8) is 0 Å². The highest BCUT2D eigenvalue weighted by Crippen LogP contribution is 2.31. The second-order valence-electron chi connectivity index (χ2n) is 6.05. The molecule has 1 aromatic rings. The van der Waals surface area contributed by atoms with Gasteiger partial charge in [0.1, 0.15) is 4.88 Å². The van der Waals surface area contributed by atoms with Crippen LogP contribution >= 0.6 is 11.3 Å². The van der Waals surface area contributed by atoms with E-state index in [9.17, 15) is 4.79 Å². The highest BCUT2D eigenvalue weighted by Gasteiger charge is 2.39. The van der Waals surface area contributed by atoms with Crippen LogP contribution in [0.5, 0.6) is 0 Å². The first-order valence-electron chi connectivity index (χ1n) is 7.53. The first-order valence-corrected chi connectivity index (χ1v) is 8.35. The first-order chi connectivity index (χ1) is 9.58. The average Bonchev–Trinajstić information content (AvgIpc) is 3.08. The SMILES string of the molecule is Cc1nc(C)c(C(=O)N2CCC[C@@H]2[C@H]2CCCN2C)s1. The zero-order valence-electron chi connectivity index (χ0n) is 12.6. The number of thiazole rings is 1. The largest absolute Gasteiger partial charge is 0.333 e. The Morgan fingerprint density at radius 1 is 1.20 bits per heavy atom. The number of rotatable bonds is 2. The molecule has 0 N–H and O–H groups in total. The molecule has 3 heterocycles. The Kier molecular flexibility index (Phi) is 3.82. The lowest BCUT2D eigenvalue weighted by atomic mass is 10.0. The van der Waals surface area contributed by atoms with Crippen molar-refractivity contribution in [1.82, 2.24) is 14.8 Å². The number of amides is 1. The van der Waals surface area contributed by atoms with Crippen LogP contribution in [0.3, 0.4) is 0 Å². The second kappa shape index (κ2) is 5.45. The molecule has 1 aromatic heterocycles. The number of likely N-dealkylation sites (N-methyl/N-ethyl adjacent to an activating group) is 1. The van der Waals surface area contributed by atoms with E-state index in [1.54, 1.807) is 0 Å². The lowest BCUT2D eigenvalue weighted by Gasteiger charge is -2.33. The van der Waals surface area contributed by atoms with Gasteiger partial charge in [-0.15, -0.1) is 11.3 Å². The van der Waals surface area contributed by atoms with Crippen molar-refractivity contribution in [2.45, 2.75) is 51.6 Å². The van der Waals surface area contributed by atoms with Gasteiger partial charge in [0, 0.05) is 18.6 Å². The molecule has 0 spiro atoms. The molecule has 0 radical (unpaired) electrons. The third-order valence-corrected chi connectivity index (χ3v) is 5.74. The fourth-order valence-corrected chi connectivity index (χ4v) is 4.60. The van der Waals surface area contributed by atoms with Crippen LogP contribution in [0.1, 0.15) is 46.1 Å². The third kappa shape index (κ3) is 2.37. The van der Waals surface area contributed by atoms with Crippen molar-refractivity contribution in [2.24, 2.45) is 0 Å². The zero-order chi connectivity index (χ0) is 14.3. The van der Waals surface area contributed by atoms with Crippen LogP contribution in [0.2, 0.25) is 0 Å². The smallest absolute Gasteiger partial charge is 0.266 e. The third-order valence-electron chi connectivity index (χ3n) is 4.68. The number of carbonyl (C=O) groups excluding carboxylic acids is 1. The van der Waals surface area contributed by atoms with E-state index in [1.807, 2.05) is 13.8 Å². The van der Waals surface area contributed by atoms with E-state index in [2.05, 4.69) is 21.8 Å². The summed E-state index contributed by atoms with van der Waals surface area (Å²) < 4.78 is 0. The van der Waals surface area contributed by atoms with E-state index in [1.165, 1.54) is 30.7 Å². The summed E-state index contributed by atoms with van der Waals surface area (Å²) >= 11 is 1.54. The predicted octanol–water partition coefficient (Wildman–Crippen LogP) is 2.46. The lowest BCUT2D eigenvalue weighted by Crippen LogP contribution is -2.47. The lowest BCUT2D eigenvalue weighted by molar-refractivity contribution is 0.0668. The Morgan fingerprint density at radius 2 is 1.90 bits per heavy atom. The number of nitrogens with zero attached hydrogens (tertiary/aromatic N) is 3. The van der Waals surface area contributed by atoms with Gasteiger partial charge in [0.05, 0.1) is 10.7 Å². The summed E-state index contributed by atoms with van der Waals surface area (Å²) in [5, 5.41) is 0.986. The van der Waals surface area contributed by atoms with Gasteiger partial charge in [-0.2, -0.15) is 0 Å². The van der Waals surface area contributed by atoms with Crippen molar-refractivity contribution in [2.75, 3.05) is 20.1 Å². The molecule has 0 unspecified atom stereocenters. The van der Waals surface area contributed by atoms with Crippen LogP contribution in [0, 0.1) is 13.8 Å². The number of likely N-dealkylation sites (tertiary alicyclic amines) is 2. The molecule has 2 aliphatic rings. The van der Waals surface area contributed by atoms with Crippen LogP contribution < -0.4 is 0 Å². The Labute approximate surface area is 124 Å².